The Kier molecular flexibility index (Phi) is 7.14. The van der Waals surface area contributed by atoms with Crippen molar-refractivity contribution in [1.29, 1.82) is 0 Å². The molecule has 2 atom stereocenters. The molecule has 2 unspecified atom stereocenters. The lowest BCUT2D eigenvalue weighted by molar-refractivity contribution is -0.144. The molecule has 22 heavy (non-hydrogen) atoms. The Morgan fingerprint density at radius 2 is 1.82 bits per heavy atom. The molecular formula is C16H25NO5. The zero-order valence-corrected chi connectivity index (χ0v) is 13.8. The number of benzene rings is 1. The Bertz CT molecular complexity index is 489. The monoisotopic (exact) mass is 311 g/mol. The summed E-state index contributed by atoms with van der Waals surface area (Å²) in [5.41, 5.74) is 0.678. The third-order valence-electron chi connectivity index (χ3n) is 3.45. The van der Waals surface area contributed by atoms with Gasteiger partial charge in [0.25, 0.3) is 0 Å². The van der Waals surface area contributed by atoms with Gasteiger partial charge in [-0.2, -0.15) is 0 Å². The van der Waals surface area contributed by atoms with Gasteiger partial charge in [0.05, 0.1) is 27.4 Å². The van der Waals surface area contributed by atoms with Gasteiger partial charge in [-0.15, -0.1) is 0 Å². The Hall–Kier alpha value is -1.79. The zero-order chi connectivity index (χ0) is 16.7. The van der Waals surface area contributed by atoms with Gasteiger partial charge in [-0.05, 0) is 23.6 Å². The molecule has 0 saturated carbocycles. The predicted octanol–water partition coefficient (Wildman–Crippen LogP) is 1.52. The maximum absolute atomic E-state index is 11.7. The van der Waals surface area contributed by atoms with Crippen molar-refractivity contribution in [2.75, 3.05) is 27.9 Å². The number of hydrogen-bond acceptors (Lipinski definition) is 6. The SMILES string of the molecule is COC(=O)C(NCC(O)c1ccc(OC)c(OC)c1)C(C)C. The Morgan fingerprint density at radius 3 is 2.32 bits per heavy atom. The van der Waals surface area contributed by atoms with Crippen molar-refractivity contribution in [3.05, 3.63) is 23.8 Å². The summed E-state index contributed by atoms with van der Waals surface area (Å²) >= 11 is 0. The second-order valence-electron chi connectivity index (χ2n) is 5.28. The lowest BCUT2D eigenvalue weighted by atomic mass is 10.0. The Labute approximate surface area is 131 Å². The van der Waals surface area contributed by atoms with E-state index in [-0.39, 0.29) is 18.4 Å². The van der Waals surface area contributed by atoms with Crippen molar-refractivity contribution >= 4 is 5.97 Å². The lowest BCUT2D eigenvalue weighted by Crippen LogP contribution is -2.43. The molecule has 0 fully saturated rings. The molecule has 0 aliphatic heterocycles. The van der Waals surface area contributed by atoms with E-state index in [2.05, 4.69) is 5.32 Å². The summed E-state index contributed by atoms with van der Waals surface area (Å²) < 4.78 is 15.1. The van der Waals surface area contributed by atoms with Crippen LogP contribution in [-0.2, 0) is 9.53 Å². The summed E-state index contributed by atoms with van der Waals surface area (Å²) in [7, 11) is 4.45. The fourth-order valence-electron chi connectivity index (χ4n) is 2.13. The molecule has 0 aliphatic rings. The van der Waals surface area contributed by atoms with Gasteiger partial charge in [-0.3, -0.25) is 4.79 Å². The van der Waals surface area contributed by atoms with Crippen molar-refractivity contribution in [3.63, 3.8) is 0 Å². The van der Waals surface area contributed by atoms with Crippen LogP contribution in [0.3, 0.4) is 0 Å². The lowest BCUT2D eigenvalue weighted by Gasteiger charge is -2.22. The van der Waals surface area contributed by atoms with Crippen LogP contribution in [0.25, 0.3) is 0 Å². The van der Waals surface area contributed by atoms with Gasteiger partial charge >= 0.3 is 5.97 Å². The van der Waals surface area contributed by atoms with E-state index in [0.717, 1.165) is 0 Å². The molecule has 124 valence electrons. The fourth-order valence-corrected chi connectivity index (χ4v) is 2.13. The van der Waals surface area contributed by atoms with Gasteiger partial charge < -0.3 is 24.6 Å². The van der Waals surface area contributed by atoms with Gasteiger partial charge in [0.1, 0.15) is 6.04 Å². The van der Waals surface area contributed by atoms with E-state index in [1.54, 1.807) is 25.3 Å². The fraction of sp³-hybridized carbons (Fsp3) is 0.562. The van der Waals surface area contributed by atoms with Crippen molar-refractivity contribution < 1.29 is 24.1 Å². The number of methoxy groups -OCH3 is 3. The Morgan fingerprint density at radius 1 is 1.18 bits per heavy atom. The molecule has 0 aliphatic carbocycles. The number of ether oxygens (including phenoxy) is 3. The number of aliphatic hydroxyl groups is 1. The first-order chi connectivity index (χ1) is 10.4. The van der Waals surface area contributed by atoms with Crippen molar-refractivity contribution in [3.8, 4) is 11.5 Å². The first-order valence-corrected chi connectivity index (χ1v) is 7.15. The van der Waals surface area contributed by atoms with Gasteiger partial charge in [0.2, 0.25) is 0 Å². The summed E-state index contributed by atoms with van der Waals surface area (Å²) in [6.45, 7) is 4.06. The number of nitrogens with one attached hydrogen (secondary N) is 1. The highest BCUT2D eigenvalue weighted by atomic mass is 16.5. The first-order valence-electron chi connectivity index (χ1n) is 7.15. The van der Waals surface area contributed by atoms with Crippen LogP contribution in [0.1, 0.15) is 25.5 Å². The van der Waals surface area contributed by atoms with Crippen LogP contribution in [0.5, 0.6) is 11.5 Å². The van der Waals surface area contributed by atoms with Gasteiger partial charge in [0.15, 0.2) is 11.5 Å². The van der Waals surface area contributed by atoms with E-state index < -0.39 is 12.1 Å². The quantitative estimate of drug-likeness (QED) is 0.709. The number of esters is 1. The molecule has 0 amide bonds. The zero-order valence-electron chi connectivity index (χ0n) is 13.8. The van der Waals surface area contributed by atoms with E-state index in [4.69, 9.17) is 14.2 Å². The number of carbonyl (C=O) groups is 1. The van der Waals surface area contributed by atoms with Crippen LogP contribution in [0.4, 0.5) is 0 Å². The number of hydrogen-bond donors (Lipinski definition) is 2. The Balaban J connectivity index is 2.76. The van der Waals surface area contributed by atoms with Crippen LogP contribution in [0.2, 0.25) is 0 Å². The number of aliphatic hydroxyl groups excluding tert-OH is 1. The van der Waals surface area contributed by atoms with Crippen molar-refractivity contribution in [2.24, 2.45) is 5.92 Å². The molecule has 2 N–H and O–H groups in total. The van der Waals surface area contributed by atoms with E-state index in [9.17, 15) is 9.90 Å². The van der Waals surface area contributed by atoms with Gasteiger partial charge in [0, 0.05) is 6.54 Å². The number of carbonyl (C=O) groups excluding carboxylic acids is 1. The summed E-state index contributed by atoms with van der Waals surface area (Å²) in [5.74, 6) is 0.869. The average molecular weight is 311 g/mol. The van der Waals surface area contributed by atoms with E-state index >= 15 is 0 Å². The highest BCUT2D eigenvalue weighted by Gasteiger charge is 2.23. The largest absolute Gasteiger partial charge is 0.493 e. The standard InChI is InChI=1S/C16H25NO5/c1-10(2)15(16(19)22-5)17-9-12(18)11-6-7-13(20-3)14(8-11)21-4/h6-8,10,12,15,17-18H,9H2,1-5H3. The highest BCUT2D eigenvalue weighted by molar-refractivity contribution is 5.75. The minimum absolute atomic E-state index is 0.0602. The molecule has 0 saturated heterocycles. The second kappa shape index (κ2) is 8.60. The van der Waals surface area contributed by atoms with Crippen molar-refractivity contribution in [2.45, 2.75) is 26.0 Å². The van der Waals surface area contributed by atoms with Crippen LogP contribution in [0, 0.1) is 5.92 Å². The number of rotatable bonds is 8. The molecule has 6 nitrogen and oxygen atoms in total. The minimum atomic E-state index is -0.772. The van der Waals surface area contributed by atoms with Gasteiger partial charge in [-0.1, -0.05) is 19.9 Å². The summed E-state index contributed by atoms with van der Waals surface area (Å²) in [4.78, 5) is 11.7. The van der Waals surface area contributed by atoms with E-state index in [0.29, 0.717) is 17.1 Å². The molecule has 0 radical (unpaired) electrons. The van der Waals surface area contributed by atoms with E-state index in [1.165, 1.54) is 14.2 Å². The first kappa shape index (κ1) is 18.3. The highest BCUT2D eigenvalue weighted by Crippen LogP contribution is 2.29. The molecule has 0 spiro atoms. The van der Waals surface area contributed by atoms with Gasteiger partial charge in [-0.25, -0.2) is 0 Å². The molecule has 1 aromatic rings. The van der Waals surface area contributed by atoms with Crippen LogP contribution >= 0.6 is 0 Å². The normalized spacial score (nSPS) is 13.6. The molecule has 0 bridgehead atoms. The summed E-state index contributed by atoms with van der Waals surface area (Å²) in [6.07, 6.45) is -0.772. The maximum atomic E-state index is 11.7. The third-order valence-corrected chi connectivity index (χ3v) is 3.45. The smallest absolute Gasteiger partial charge is 0.323 e. The van der Waals surface area contributed by atoms with Crippen LogP contribution in [-0.4, -0.2) is 45.0 Å². The third kappa shape index (κ3) is 4.61. The molecule has 1 rings (SSSR count). The second-order valence-corrected chi connectivity index (χ2v) is 5.28. The summed E-state index contributed by atoms with van der Waals surface area (Å²) in [5, 5.41) is 13.3. The van der Waals surface area contributed by atoms with Crippen LogP contribution < -0.4 is 14.8 Å². The average Bonchev–Trinajstić information content (AvgIpc) is 2.53. The minimum Gasteiger partial charge on any atom is -0.493 e. The maximum Gasteiger partial charge on any atom is 0.323 e. The molecule has 0 aromatic heterocycles. The topological polar surface area (TPSA) is 77.0 Å². The van der Waals surface area contributed by atoms with E-state index in [1.807, 2.05) is 13.8 Å². The molecule has 6 heteroatoms. The van der Waals surface area contributed by atoms with Crippen molar-refractivity contribution in [1.82, 2.24) is 5.32 Å². The van der Waals surface area contributed by atoms with Crippen LogP contribution in [0.15, 0.2) is 18.2 Å². The molecular weight excluding hydrogens is 286 g/mol. The molecule has 0 heterocycles. The summed E-state index contributed by atoms with van der Waals surface area (Å²) in [6, 6.07) is 4.75. The molecule has 1 aromatic carbocycles. The predicted molar refractivity (Wildman–Crippen MR) is 83.2 cm³/mol.